The third-order valence-corrected chi connectivity index (χ3v) is 12.4. The van der Waals surface area contributed by atoms with Crippen LogP contribution in [0.15, 0.2) is 140 Å². The fourth-order valence-corrected chi connectivity index (χ4v) is 9.69. The number of aryl methyl sites for hydroxylation is 1. The average molecular weight is 651 g/mol. The van der Waals surface area contributed by atoms with Gasteiger partial charge in [0.2, 0.25) is 0 Å². The van der Waals surface area contributed by atoms with Gasteiger partial charge in [-0.05, 0) is 160 Å². The Kier molecular flexibility index (Phi) is 6.06. The van der Waals surface area contributed by atoms with E-state index in [2.05, 4.69) is 166 Å². The molecular weight excluding hydrogens is 613 g/mol. The molecule has 7 aromatic carbocycles. The lowest BCUT2D eigenvalue weighted by Gasteiger charge is -2.23. The van der Waals surface area contributed by atoms with Crippen molar-refractivity contribution < 1.29 is 0 Å². The molecule has 0 aliphatic heterocycles. The molecule has 1 unspecified atom stereocenters. The Bertz CT molecular complexity index is 2900. The van der Waals surface area contributed by atoms with Crippen LogP contribution < -0.4 is 10.4 Å². The first kappa shape index (κ1) is 29.1. The summed E-state index contributed by atoms with van der Waals surface area (Å²) in [5, 5.41) is 10.7. The number of rotatable bonds is 2. The third kappa shape index (κ3) is 4.26. The van der Waals surface area contributed by atoms with Crippen molar-refractivity contribution in [2.45, 2.75) is 38.5 Å². The van der Waals surface area contributed by atoms with Crippen molar-refractivity contribution in [1.82, 2.24) is 0 Å². The first-order chi connectivity index (χ1) is 25.0. The number of fused-ring (bicyclic) bond motifs is 10. The van der Waals surface area contributed by atoms with Gasteiger partial charge in [0.25, 0.3) is 0 Å². The first-order valence-corrected chi connectivity index (χ1v) is 18.6. The van der Waals surface area contributed by atoms with Gasteiger partial charge in [-0.3, -0.25) is 0 Å². The molecule has 0 aromatic heterocycles. The molecule has 4 aliphatic rings. The van der Waals surface area contributed by atoms with Gasteiger partial charge < -0.3 is 0 Å². The summed E-state index contributed by atoms with van der Waals surface area (Å²) in [6, 6.07) is 42.4. The first-order valence-electron chi connectivity index (χ1n) is 18.6. The van der Waals surface area contributed by atoms with E-state index in [0.29, 0.717) is 5.92 Å². The molecule has 1 atom stereocenters. The molecule has 0 radical (unpaired) electrons. The van der Waals surface area contributed by atoms with Gasteiger partial charge in [-0.25, -0.2) is 0 Å². The van der Waals surface area contributed by atoms with Crippen molar-refractivity contribution >= 4 is 50.0 Å². The molecule has 0 fully saturated rings. The van der Waals surface area contributed by atoms with Gasteiger partial charge in [0.15, 0.2) is 0 Å². The van der Waals surface area contributed by atoms with Gasteiger partial charge >= 0.3 is 0 Å². The number of hydrogen-bond acceptors (Lipinski definition) is 0. The van der Waals surface area contributed by atoms with Crippen LogP contribution in [0.5, 0.6) is 0 Å². The van der Waals surface area contributed by atoms with E-state index in [9.17, 15) is 0 Å². The quantitative estimate of drug-likeness (QED) is 0.163. The Morgan fingerprint density at radius 2 is 1.29 bits per heavy atom. The smallest absolute Gasteiger partial charge is 0.0159 e. The van der Waals surface area contributed by atoms with Crippen LogP contribution in [0, 0.1) is 5.92 Å². The van der Waals surface area contributed by atoms with E-state index >= 15 is 0 Å². The molecule has 0 N–H and O–H groups in total. The zero-order valence-electron chi connectivity index (χ0n) is 29.1. The maximum absolute atomic E-state index is 2.48. The highest BCUT2D eigenvalue weighted by Crippen LogP contribution is 2.51. The molecule has 0 heteroatoms. The summed E-state index contributed by atoms with van der Waals surface area (Å²) >= 11 is 0. The Labute approximate surface area is 299 Å². The van der Waals surface area contributed by atoms with Crippen molar-refractivity contribution in [2.24, 2.45) is 5.92 Å². The summed E-state index contributed by atoms with van der Waals surface area (Å²) in [5.74, 6) is 0.479. The summed E-state index contributed by atoms with van der Waals surface area (Å²) in [4.78, 5) is 0. The Morgan fingerprint density at radius 3 is 2.06 bits per heavy atom. The average Bonchev–Trinajstić information content (AvgIpc) is 3.40. The van der Waals surface area contributed by atoms with E-state index in [-0.39, 0.29) is 5.41 Å². The zero-order valence-corrected chi connectivity index (χ0v) is 29.1. The van der Waals surface area contributed by atoms with Crippen molar-refractivity contribution in [3.8, 4) is 33.4 Å². The van der Waals surface area contributed by atoms with Crippen molar-refractivity contribution in [3.05, 3.63) is 172 Å². The monoisotopic (exact) mass is 650 g/mol. The number of allylic oxidation sites excluding steroid dienone is 5. The second-order valence-corrected chi connectivity index (χ2v) is 15.5. The van der Waals surface area contributed by atoms with E-state index in [1.54, 1.807) is 0 Å². The van der Waals surface area contributed by atoms with Crippen LogP contribution in [-0.4, -0.2) is 0 Å². The largest absolute Gasteiger partial charge is 0.0836 e. The number of benzene rings is 7. The predicted molar refractivity (Wildman–Crippen MR) is 218 cm³/mol. The molecule has 4 aliphatic carbocycles. The summed E-state index contributed by atoms with van der Waals surface area (Å²) in [7, 11) is 0. The summed E-state index contributed by atoms with van der Waals surface area (Å²) < 4.78 is 0. The molecule has 0 bridgehead atoms. The highest BCUT2D eigenvalue weighted by atomic mass is 14.4. The second kappa shape index (κ2) is 10.6. The molecule has 0 nitrogen and oxygen atoms in total. The van der Waals surface area contributed by atoms with Gasteiger partial charge in [-0.2, -0.15) is 0 Å². The molecular formula is C51H38. The van der Waals surface area contributed by atoms with Crippen LogP contribution in [-0.2, 0) is 11.8 Å². The minimum Gasteiger partial charge on any atom is -0.0836 e. The molecule has 0 spiro atoms. The molecule has 0 heterocycles. The highest BCUT2D eigenvalue weighted by Gasteiger charge is 2.36. The van der Waals surface area contributed by atoms with Gasteiger partial charge in [0, 0.05) is 11.3 Å². The summed E-state index contributed by atoms with van der Waals surface area (Å²) in [6.45, 7) is 4.82. The normalized spacial score (nSPS) is 17.6. The van der Waals surface area contributed by atoms with Gasteiger partial charge in [0.05, 0.1) is 0 Å². The fraction of sp³-hybridized carbons (Fsp3) is 0.137. The molecule has 0 saturated carbocycles. The zero-order chi connectivity index (χ0) is 33.8. The molecule has 242 valence electrons. The lowest BCUT2D eigenvalue weighted by atomic mass is 9.80. The Balaban J connectivity index is 1.04. The van der Waals surface area contributed by atoms with Crippen LogP contribution in [0.1, 0.15) is 48.9 Å². The predicted octanol–water partition coefficient (Wildman–Crippen LogP) is 11.8. The van der Waals surface area contributed by atoms with Gasteiger partial charge in [-0.1, -0.05) is 129 Å². The van der Waals surface area contributed by atoms with Crippen LogP contribution in [0.2, 0.25) is 0 Å². The van der Waals surface area contributed by atoms with Crippen molar-refractivity contribution in [2.75, 3.05) is 0 Å². The maximum Gasteiger partial charge on any atom is 0.0159 e. The lowest BCUT2D eigenvalue weighted by molar-refractivity contribution is 0.661. The SMILES string of the molecule is CC1(C)c2cc(-c3cccc4cc5c(cc34)=C3C=CC=CC3CC=5)ccc2-c2ccc(-c3cccc4cc5ccc6c(c5cc34)C=CCC6)cc21. The number of hydrogen-bond donors (Lipinski definition) is 0. The molecule has 0 saturated heterocycles. The van der Waals surface area contributed by atoms with Crippen LogP contribution in [0.25, 0.3) is 83.4 Å². The van der Waals surface area contributed by atoms with E-state index in [1.807, 2.05) is 0 Å². The standard InChI is InChI=1S/C51H38/c1-51(2)49-27-37(41-15-7-11-33-25-35-19-17-31-9-3-5-13-39(31)47(35)29-45(33)41)21-23-43(49)44-24-22-38(28-50(44)51)42-16-8-12-34-26-36-20-18-32-10-4-6-14-40(32)48(36)30-46(34)42/h3,5-9,11-16,18-31H,4,10,17H2,1-2H3. The Hall–Kier alpha value is -5.72. The summed E-state index contributed by atoms with van der Waals surface area (Å²) in [5.41, 5.74) is 14.9. The van der Waals surface area contributed by atoms with Crippen LogP contribution in [0.3, 0.4) is 0 Å². The van der Waals surface area contributed by atoms with Crippen molar-refractivity contribution in [3.63, 3.8) is 0 Å². The summed E-state index contributed by atoms with van der Waals surface area (Å²) in [6.07, 6.45) is 19.5. The third-order valence-electron chi connectivity index (χ3n) is 12.4. The minimum absolute atomic E-state index is 0.126. The molecule has 11 rings (SSSR count). The highest BCUT2D eigenvalue weighted by molar-refractivity contribution is 6.08. The maximum atomic E-state index is 2.48. The van der Waals surface area contributed by atoms with E-state index in [4.69, 9.17) is 0 Å². The molecule has 51 heavy (non-hydrogen) atoms. The van der Waals surface area contributed by atoms with Gasteiger partial charge in [0.1, 0.15) is 0 Å². The Morgan fingerprint density at radius 1 is 0.588 bits per heavy atom. The molecule has 7 aromatic rings. The fourth-order valence-electron chi connectivity index (χ4n) is 9.69. The van der Waals surface area contributed by atoms with E-state index in [1.165, 1.54) is 104 Å². The van der Waals surface area contributed by atoms with Crippen molar-refractivity contribution in [1.29, 1.82) is 0 Å². The van der Waals surface area contributed by atoms with E-state index in [0.717, 1.165) is 19.3 Å². The molecule has 0 amide bonds. The lowest BCUT2D eigenvalue weighted by Crippen LogP contribution is -2.32. The second-order valence-electron chi connectivity index (χ2n) is 15.5. The van der Waals surface area contributed by atoms with Crippen LogP contribution >= 0.6 is 0 Å². The van der Waals surface area contributed by atoms with Crippen LogP contribution in [0.4, 0.5) is 0 Å². The topological polar surface area (TPSA) is 0 Å². The van der Waals surface area contributed by atoms with E-state index < -0.39 is 0 Å². The van der Waals surface area contributed by atoms with Gasteiger partial charge in [-0.15, -0.1) is 0 Å². The minimum atomic E-state index is -0.126.